The monoisotopic (exact) mass is 383 g/mol. The molecule has 0 unspecified atom stereocenters. The van der Waals surface area contributed by atoms with Gasteiger partial charge in [-0.25, -0.2) is 8.42 Å². The van der Waals surface area contributed by atoms with Crippen molar-refractivity contribution in [3.63, 3.8) is 0 Å². The fourth-order valence-corrected chi connectivity index (χ4v) is 3.66. The Morgan fingerprint density at radius 1 is 1.00 bits per heavy atom. The molecule has 0 fully saturated rings. The predicted octanol–water partition coefficient (Wildman–Crippen LogP) is 3.14. The van der Waals surface area contributed by atoms with Gasteiger partial charge in [-0.1, -0.05) is 18.2 Å². The van der Waals surface area contributed by atoms with Crippen molar-refractivity contribution in [2.75, 3.05) is 17.1 Å². The summed E-state index contributed by atoms with van der Waals surface area (Å²) in [6.07, 6.45) is 2.91. The number of hydrogen-bond acceptors (Lipinski definition) is 5. The highest BCUT2D eigenvalue weighted by molar-refractivity contribution is 7.92. The fraction of sp³-hybridized carbons (Fsp3) is 0.0526. The van der Waals surface area contributed by atoms with Crippen LogP contribution in [0.25, 0.3) is 0 Å². The van der Waals surface area contributed by atoms with Crippen molar-refractivity contribution >= 4 is 27.3 Å². The van der Waals surface area contributed by atoms with Crippen molar-refractivity contribution in [1.82, 2.24) is 4.98 Å². The molecule has 3 rings (SSSR count). The quantitative estimate of drug-likeness (QED) is 0.681. The second-order valence-electron chi connectivity index (χ2n) is 5.53. The van der Waals surface area contributed by atoms with Gasteiger partial charge >= 0.3 is 0 Å². The fourth-order valence-electron chi connectivity index (χ4n) is 2.39. The number of rotatable bonds is 6. The summed E-state index contributed by atoms with van der Waals surface area (Å²) in [6.45, 7) is 0. The third kappa shape index (κ3) is 4.42. The normalized spacial score (nSPS) is 10.9. The number of methoxy groups -OCH3 is 1. The molecule has 0 atom stereocenters. The highest BCUT2D eigenvalue weighted by Crippen LogP contribution is 2.25. The van der Waals surface area contributed by atoms with Crippen LogP contribution < -0.4 is 14.8 Å². The van der Waals surface area contributed by atoms with Crippen LogP contribution in [0.2, 0.25) is 0 Å². The van der Waals surface area contributed by atoms with Crippen molar-refractivity contribution in [3.05, 3.63) is 78.6 Å². The predicted molar refractivity (Wildman–Crippen MR) is 102 cm³/mol. The molecule has 138 valence electrons. The van der Waals surface area contributed by atoms with E-state index < -0.39 is 15.9 Å². The Kier molecular flexibility index (Phi) is 5.37. The van der Waals surface area contributed by atoms with Crippen LogP contribution in [-0.4, -0.2) is 26.4 Å². The van der Waals surface area contributed by atoms with Gasteiger partial charge in [-0.15, -0.1) is 0 Å². The lowest BCUT2D eigenvalue weighted by Gasteiger charge is -2.14. The smallest absolute Gasteiger partial charge is 0.262 e. The summed E-state index contributed by atoms with van der Waals surface area (Å²) in [4.78, 5) is 16.4. The third-order valence-corrected chi connectivity index (χ3v) is 5.09. The molecular formula is C19H17N3O4S. The van der Waals surface area contributed by atoms with Crippen molar-refractivity contribution < 1.29 is 17.9 Å². The average Bonchev–Trinajstić information content (AvgIpc) is 2.68. The van der Waals surface area contributed by atoms with Gasteiger partial charge in [-0.2, -0.15) is 0 Å². The molecule has 0 bridgehead atoms. The highest BCUT2D eigenvalue weighted by atomic mass is 32.2. The second-order valence-corrected chi connectivity index (χ2v) is 7.18. The molecule has 0 spiro atoms. The molecular weight excluding hydrogens is 366 g/mol. The minimum Gasteiger partial charge on any atom is -0.497 e. The molecule has 0 aliphatic rings. The Hall–Kier alpha value is -3.39. The van der Waals surface area contributed by atoms with E-state index in [1.807, 2.05) is 6.07 Å². The summed E-state index contributed by atoms with van der Waals surface area (Å²) in [7, 11) is -2.62. The summed E-state index contributed by atoms with van der Waals surface area (Å²) in [5.74, 6) is -0.228. The van der Waals surface area contributed by atoms with Crippen LogP contribution in [-0.2, 0) is 10.0 Å². The zero-order valence-corrected chi connectivity index (χ0v) is 15.2. The van der Waals surface area contributed by atoms with E-state index in [0.29, 0.717) is 11.4 Å². The maximum Gasteiger partial charge on any atom is 0.262 e. The molecule has 27 heavy (non-hydrogen) atoms. The van der Waals surface area contributed by atoms with Crippen LogP contribution >= 0.6 is 0 Å². The van der Waals surface area contributed by atoms with Gasteiger partial charge in [0.05, 0.1) is 24.6 Å². The molecule has 2 N–H and O–H groups in total. The van der Waals surface area contributed by atoms with Crippen LogP contribution in [0.5, 0.6) is 5.75 Å². The van der Waals surface area contributed by atoms with Crippen LogP contribution in [0.4, 0.5) is 11.4 Å². The number of anilines is 2. The first-order chi connectivity index (χ1) is 13.0. The van der Waals surface area contributed by atoms with Gasteiger partial charge in [0.25, 0.3) is 15.9 Å². The minimum absolute atomic E-state index is 0.00366. The second kappa shape index (κ2) is 7.88. The molecule has 0 radical (unpaired) electrons. The first-order valence-electron chi connectivity index (χ1n) is 7.97. The summed E-state index contributed by atoms with van der Waals surface area (Å²) in [5, 5.41) is 2.69. The Balaban J connectivity index is 1.99. The molecule has 1 aromatic heterocycles. The van der Waals surface area contributed by atoms with Crippen LogP contribution in [0, 0.1) is 0 Å². The zero-order valence-electron chi connectivity index (χ0n) is 14.4. The Morgan fingerprint density at radius 2 is 1.74 bits per heavy atom. The number of amides is 1. The first-order valence-corrected chi connectivity index (χ1v) is 9.45. The zero-order chi connectivity index (χ0) is 19.3. The lowest BCUT2D eigenvalue weighted by Crippen LogP contribution is -2.20. The van der Waals surface area contributed by atoms with Gasteiger partial charge in [-0.05, 0) is 36.4 Å². The average molecular weight is 383 g/mol. The lowest BCUT2D eigenvalue weighted by atomic mass is 10.2. The lowest BCUT2D eigenvalue weighted by molar-refractivity contribution is 0.102. The van der Waals surface area contributed by atoms with Gasteiger partial charge in [0.15, 0.2) is 0 Å². The summed E-state index contributed by atoms with van der Waals surface area (Å²) in [6, 6.07) is 16.2. The van der Waals surface area contributed by atoms with Gasteiger partial charge in [0.2, 0.25) is 0 Å². The molecule has 0 saturated carbocycles. The summed E-state index contributed by atoms with van der Waals surface area (Å²) >= 11 is 0. The third-order valence-electron chi connectivity index (χ3n) is 3.67. The SMILES string of the molecule is COc1ccc(C(=O)Nc2ccccc2)c(S(=O)(=O)Nc2cccnc2)c1. The van der Waals surface area contributed by atoms with E-state index in [9.17, 15) is 13.2 Å². The number of carbonyl (C=O) groups is 1. The van der Waals surface area contributed by atoms with E-state index in [1.165, 1.54) is 37.7 Å². The standard InChI is InChI=1S/C19H17N3O4S/c1-26-16-9-10-17(19(23)21-14-6-3-2-4-7-14)18(12-16)27(24,25)22-15-8-5-11-20-13-15/h2-13,22H,1H3,(H,21,23). The molecule has 8 heteroatoms. The molecule has 0 aliphatic carbocycles. The van der Waals surface area contributed by atoms with Crippen LogP contribution in [0.3, 0.4) is 0 Å². The Bertz CT molecular complexity index is 1040. The number of aromatic nitrogens is 1. The molecule has 2 aromatic carbocycles. The summed E-state index contributed by atoms with van der Waals surface area (Å²) in [5.41, 5.74) is 0.840. The molecule has 1 heterocycles. The van der Waals surface area contributed by atoms with Gasteiger partial charge in [-0.3, -0.25) is 14.5 Å². The van der Waals surface area contributed by atoms with Gasteiger partial charge in [0.1, 0.15) is 10.6 Å². The number of sulfonamides is 1. The number of carbonyl (C=O) groups excluding carboxylic acids is 1. The van der Waals surface area contributed by atoms with Crippen LogP contribution in [0.15, 0.2) is 78.0 Å². The highest BCUT2D eigenvalue weighted by Gasteiger charge is 2.24. The number of ether oxygens (including phenoxy) is 1. The summed E-state index contributed by atoms with van der Waals surface area (Å²) < 4.78 is 33.3. The maximum atomic E-state index is 12.9. The van der Waals surface area contributed by atoms with Crippen LogP contribution in [0.1, 0.15) is 10.4 Å². The molecule has 7 nitrogen and oxygen atoms in total. The Morgan fingerprint density at radius 3 is 2.41 bits per heavy atom. The maximum absolute atomic E-state index is 12.9. The van der Waals surface area contributed by atoms with E-state index in [0.717, 1.165) is 0 Å². The van der Waals surface area contributed by atoms with E-state index in [1.54, 1.807) is 36.4 Å². The van der Waals surface area contributed by atoms with E-state index in [-0.39, 0.29) is 16.1 Å². The molecule has 0 saturated heterocycles. The number of benzene rings is 2. The van der Waals surface area contributed by atoms with E-state index in [4.69, 9.17) is 4.74 Å². The number of nitrogens with one attached hydrogen (secondary N) is 2. The van der Waals surface area contributed by atoms with E-state index >= 15 is 0 Å². The topological polar surface area (TPSA) is 97.4 Å². The molecule has 0 aliphatic heterocycles. The molecule has 1 amide bonds. The van der Waals surface area contributed by atoms with Crippen molar-refractivity contribution in [2.45, 2.75) is 4.90 Å². The van der Waals surface area contributed by atoms with Crippen molar-refractivity contribution in [3.8, 4) is 5.75 Å². The van der Waals surface area contributed by atoms with E-state index in [2.05, 4.69) is 15.0 Å². The first kappa shape index (κ1) is 18.4. The number of pyridine rings is 1. The van der Waals surface area contributed by atoms with Crippen molar-refractivity contribution in [2.24, 2.45) is 0 Å². The molecule has 3 aromatic rings. The number of para-hydroxylation sites is 1. The minimum atomic E-state index is -4.04. The number of nitrogens with zero attached hydrogens (tertiary/aromatic N) is 1. The van der Waals surface area contributed by atoms with Crippen molar-refractivity contribution in [1.29, 1.82) is 0 Å². The largest absolute Gasteiger partial charge is 0.497 e. The Labute approximate surface area is 157 Å². The van der Waals surface area contributed by atoms with Gasteiger partial charge < -0.3 is 10.1 Å². The van der Waals surface area contributed by atoms with Gasteiger partial charge in [0, 0.05) is 18.0 Å². The number of hydrogen-bond donors (Lipinski definition) is 2.